The lowest BCUT2D eigenvalue weighted by molar-refractivity contribution is 0.0503. The van der Waals surface area contributed by atoms with Crippen LogP contribution >= 0.6 is 23.2 Å². The summed E-state index contributed by atoms with van der Waals surface area (Å²) >= 11 is 12.6. The number of aryl methyl sites for hydroxylation is 1. The molecule has 0 unspecified atom stereocenters. The Morgan fingerprint density at radius 2 is 1.57 bits per heavy atom. The lowest BCUT2D eigenvalue weighted by Crippen LogP contribution is -2.26. The molecule has 2 N–H and O–H groups in total. The van der Waals surface area contributed by atoms with E-state index in [1.54, 1.807) is 24.3 Å². The number of benzene rings is 3. The molecule has 0 amide bonds. The first kappa shape index (κ1) is 24.5. The fraction of sp³-hybridized carbons (Fsp3) is 0.111. The van der Waals surface area contributed by atoms with Gasteiger partial charge in [0.15, 0.2) is 0 Å². The molecule has 0 atom stereocenters. The van der Waals surface area contributed by atoms with Gasteiger partial charge in [-0.05, 0) is 53.4 Å². The van der Waals surface area contributed by atoms with Crippen LogP contribution in [-0.2, 0) is 24.4 Å². The highest BCUT2D eigenvalue weighted by molar-refractivity contribution is 6.34. The van der Waals surface area contributed by atoms with Gasteiger partial charge in [-0.3, -0.25) is 4.79 Å². The first-order chi connectivity index (χ1) is 17.0. The Bertz CT molecular complexity index is 1390. The molecule has 0 saturated heterocycles. The fourth-order valence-electron chi connectivity index (χ4n) is 3.68. The van der Waals surface area contributed by atoms with Crippen molar-refractivity contribution < 1.29 is 14.4 Å². The summed E-state index contributed by atoms with van der Waals surface area (Å²) in [6.07, 6.45) is 0.505. The minimum atomic E-state index is -0.620. The van der Waals surface area contributed by atoms with Crippen molar-refractivity contribution in [2.24, 2.45) is 5.90 Å². The van der Waals surface area contributed by atoms with Gasteiger partial charge in [0.1, 0.15) is 17.4 Å². The number of ether oxygens (including phenoxy) is 1. The second-order valence-corrected chi connectivity index (χ2v) is 8.59. The monoisotopic (exact) mass is 508 g/mol. The molecule has 0 aliphatic rings. The lowest BCUT2D eigenvalue weighted by atomic mass is 10.1. The van der Waals surface area contributed by atoms with E-state index in [1.807, 2.05) is 54.6 Å². The van der Waals surface area contributed by atoms with Crippen LogP contribution < -0.4 is 16.2 Å². The van der Waals surface area contributed by atoms with E-state index in [0.29, 0.717) is 35.0 Å². The molecule has 1 heterocycles. The molecule has 1 aromatic heterocycles. The number of hydrogen-bond acceptors (Lipinski definition) is 5. The number of halogens is 2. The van der Waals surface area contributed by atoms with Gasteiger partial charge >= 0.3 is 5.97 Å². The zero-order chi connectivity index (χ0) is 24.8. The van der Waals surface area contributed by atoms with E-state index < -0.39 is 5.97 Å². The molecule has 4 aromatic rings. The summed E-state index contributed by atoms with van der Waals surface area (Å²) in [6.45, 7) is 0.410. The molecule has 3 aromatic carbocycles. The van der Waals surface area contributed by atoms with Crippen LogP contribution in [0.2, 0.25) is 10.0 Å². The average Bonchev–Trinajstić information content (AvgIpc) is 2.90. The third-order valence-corrected chi connectivity index (χ3v) is 6.14. The Kier molecular flexibility index (Phi) is 7.87. The van der Waals surface area contributed by atoms with Crippen LogP contribution in [0.1, 0.15) is 21.6 Å². The predicted molar refractivity (Wildman–Crippen MR) is 137 cm³/mol. The van der Waals surface area contributed by atoms with Crippen LogP contribution in [0.5, 0.6) is 5.75 Å². The summed E-state index contributed by atoms with van der Waals surface area (Å²) in [5.74, 6) is 4.95. The Morgan fingerprint density at radius 3 is 2.29 bits per heavy atom. The van der Waals surface area contributed by atoms with Crippen molar-refractivity contribution in [1.29, 1.82) is 0 Å². The van der Waals surface area contributed by atoms with Crippen molar-refractivity contribution in [2.45, 2.75) is 19.6 Å². The SMILES string of the molecule is NOC(=O)c1ccc(CCn2c(COc3cccc(-c4ccccc4)c3)c(Cl)cc(Cl)c2=O)cc1. The maximum Gasteiger partial charge on any atom is 0.356 e. The third kappa shape index (κ3) is 5.92. The van der Waals surface area contributed by atoms with Crippen LogP contribution in [0.25, 0.3) is 11.1 Å². The molecule has 35 heavy (non-hydrogen) atoms. The van der Waals surface area contributed by atoms with Gasteiger partial charge in [-0.1, -0.05) is 77.8 Å². The first-order valence-electron chi connectivity index (χ1n) is 10.8. The number of aromatic nitrogens is 1. The molecule has 0 aliphatic carbocycles. The summed E-state index contributed by atoms with van der Waals surface area (Å²) in [5, 5.41) is 0.376. The number of carbonyl (C=O) groups excluding carboxylic acids is 1. The van der Waals surface area contributed by atoms with Crippen LogP contribution in [0.3, 0.4) is 0 Å². The smallest absolute Gasteiger partial charge is 0.356 e. The van der Waals surface area contributed by atoms with Gasteiger partial charge in [-0.2, -0.15) is 5.90 Å². The molecule has 178 valence electrons. The summed E-state index contributed by atoms with van der Waals surface area (Å²) in [6, 6.07) is 25.9. The topological polar surface area (TPSA) is 83.6 Å². The molecule has 0 bridgehead atoms. The van der Waals surface area contributed by atoms with E-state index >= 15 is 0 Å². The Morgan fingerprint density at radius 1 is 0.857 bits per heavy atom. The largest absolute Gasteiger partial charge is 0.487 e. The van der Waals surface area contributed by atoms with Gasteiger partial charge in [0, 0.05) is 6.54 Å². The number of hydrogen-bond donors (Lipinski definition) is 1. The molecule has 6 nitrogen and oxygen atoms in total. The van der Waals surface area contributed by atoms with Gasteiger partial charge in [0.05, 0.1) is 16.3 Å². The van der Waals surface area contributed by atoms with Crippen LogP contribution in [0.4, 0.5) is 0 Å². The molecule has 0 fully saturated rings. The Balaban J connectivity index is 1.53. The van der Waals surface area contributed by atoms with Crippen molar-refractivity contribution in [3.05, 3.63) is 122 Å². The number of pyridine rings is 1. The van der Waals surface area contributed by atoms with Crippen LogP contribution in [0.15, 0.2) is 89.7 Å². The van der Waals surface area contributed by atoms with Gasteiger partial charge in [-0.15, -0.1) is 0 Å². The molecule has 0 saturated carbocycles. The number of nitrogens with two attached hydrogens (primary N) is 1. The average molecular weight is 509 g/mol. The molecule has 0 radical (unpaired) electrons. The van der Waals surface area contributed by atoms with Crippen molar-refractivity contribution >= 4 is 29.2 Å². The fourth-order valence-corrected chi connectivity index (χ4v) is 4.22. The molecule has 0 aliphatic heterocycles. The van der Waals surface area contributed by atoms with E-state index in [4.69, 9.17) is 33.8 Å². The highest BCUT2D eigenvalue weighted by atomic mass is 35.5. The summed E-state index contributed by atoms with van der Waals surface area (Å²) in [7, 11) is 0. The summed E-state index contributed by atoms with van der Waals surface area (Å²) in [4.78, 5) is 28.6. The predicted octanol–water partition coefficient (Wildman–Crippen LogP) is 5.67. The van der Waals surface area contributed by atoms with Crippen molar-refractivity contribution in [3.8, 4) is 16.9 Å². The first-order valence-corrected chi connectivity index (χ1v) is 11.6. The number of rotatable bonds is 8. The minimum absolute atomic E-state index is 0.0332. The molecular formula is C27H22Cl2N2O4. The number of carbonyl (C=O) groups is 1. The molecule has 0 spiro atoms. The lowest BCUT2D eigenvalue weighted by Gasteiger charge is -2.16. The molecule has 4 rings (SSSR count). The van der Waals surface area contributed by atoms with Gasteiger partial charge < -0.3 is 14.1 Å². The molecular weight excluding hydrogens is 487 g/mol. The zero-order valence-corrected chi connectivity index (χ0v) is 20.1. The van der Waals surface area contributed by atoms with Crippen molar-refractivity contribution in [3.63, 3.8) is 0 Å². The van der Waals surface area contributed by atoms with E-state index in [1.165, 1.54) is 10.6 Å². The minimum Gasteiger partial charge on any atom is -0.487 e. The maximum atomic E-state index is 12.8. The standard InChI is InChI=1S/C27H22Cl2N2O4/c28-23-16-24(29)26(32)31(14-13-18-9-11-20(12-10-18)27(33)35-30)25(23)17-34-22-8-4-7-21(15-22)19-5-2-1-3-6-19/h1-12,15-16H,13-14,17,30H2. The second-order valence-electron chi connectivity index (χ2n) is 7.78. The van der Waals surface area contributed by atoms with Crippen LogP contribution in [-0.4, -0.2) is 10.5 Å². The zero-order valence-electron chi connectivity index (χ0n) is 18.6. The molecule has 8 heteroatoms. The van der Waals surface area contributed by atoms with E-state index in [2.05, 4.69) is 4.84 Å². The Labute approximate surface area is 212 Å². The maximum absolute atomic E-state index is 12.8. The summed E-state index contributed by atoms with van der Waals surface area (Å²) < 4.78 is 7.55. The van der Waals surface area contributed by atoms with Gasteiger partial charge in [-0.25, -0.2) is 4.79 Å². The van der Waals surface area contributed by atoms with Gasteiger partial charge in [0.2, 0.25) is 0 Å². The van der Waals surface area contributed by atoms with Crippen LogP contribution in [0, 0.1) is 0 Å². The Hall–Kier alpha value is -3.58. The summed E-state index contributed by atoms with van der Waals surface area (Å²) in [5.41, 5.74) is 3.51. The highest BCUT2D eigenvalue weighted by Gasteiger charge is 2.14. The van der Waals surface area contributed by atoms with E-state index in [-0.39, 0.29) is 17.2 Å². The highest BCUT2D eigenvalue weighted by Crippen LogP contribution is 2.26. The van der Waals surface area contributed by atoms with Crippen molar-refractivity contribution in [2.75, 3.05) is 0 Å². The van der Waals surface area contributed by atoms with E-state index in [9.17, 15) is 9.59 Å². The van der Waals surface area contributed by atoms with Crippen molar-refractivity contribution in [1.82, 2.24) is 4.57 Å². The number of nitrogens with zero attached hydrogens (tertiary/aromatic N) is 1. The normalized spacial score (nSPS) is 10.7. The quantitative estimate of drug-likeness (QED) is 0.309. The second kappa shape index (κ2) is 11.2. The van der Waals surface area contributed by atoms with E-state index in [0.717, 1.165) is 16.7 Å². The van der Waals surface area contributed by atoms with Gasteiger partial charge in [0.25, 0.3) is 5.56 Å². The third-order valence-electron chi connectivity index (χ3n) is 5.54.